The van der Waals surface area contributed by atoms with Crippen molar-refractivity contribution in [2.24, 2.45) is 5.92 Å². The molecule has 0 bridgehead atoms. The minimum absolute atomic E-state index is 0.0991. The molecule has 0 spiro atoms. The van der Waals surface area contributed by atoms with E-state index in [4.69, 9.17) is 0 Å². The molecule has 0 amide bonds. The van der Waals surface area contributed by atoms with Crippen molar-refractivity contribution < 1.29 is 0 Å². The van der Waals surface area contributed by atoms with Crippen molar-refractivity contribution in [1.29, 1.82) is 0 Å². The summed E-state index contributed by atoms with van der Waals surface area (Å²) in [6.07, 6.45) is 4.39. The van der Waals surface area contributed by atoms with Crippen LogP contribution in [0.25, 0.3) is 11.4 Å². The normalized spacial score (nSPS) is 15.5. The van der Waals surface area contributed by atoms with Crippen LogP contribution in [-0.4, -0.2) is 46.5 Å². The highest BCUT2D eigenvalue weighted by Gasteiger charge is 2.32. The van der Waals surface area contributed by atoms with Crippen molar-refractivity contribution in [1.82, 2.24) is 19.9 Å². The SMILES string of the molecule is Cc1nc(-c2ccc(NCC(C3CC3)N(C)C)nc2)[nH]c(=O)c1C. The number of likely N-dealkylation sites (N-methyl/N-ethyl adjacent to an activating group) is 1. The van der Waals surface area contributed by atoms with Gasteiger partial charge in [0.25, 0.3) is 5.56 Å². The number of aryl methyl sites for hydroxylation is 1. The lowest BCUT2D eigenvalue weighted by molar-refractivity contribution is 0.276. The fraction of sp³-hybridized carbons (Fsp3) is 0.500. The molecule has 0 aliphatic heterocycles. The van der Waals surface area contributed by atoms with E-state index in [1.54, 1.807) is 13.1 Å². The molecule has 0 aromatic carbocycles. The maximum Gasteiger partial charge on any atom is 0.254 e. The molecule has 1 saturated carbocycles. The highest BCUT2D eigenvalue weighted by molar-refractivity contribution is 5.56. The molecule has 6 heteroatoms. The molecule has 128 valence electrons. The summed E-state index contributed by atoms with van der Waals surface area (Å²) in [7, 11) is 4.26. The molecule has 6 nitrogen and oxygen atoms in total. The second-order valence-corrected chi connectivity index (χ2v) is 6.81. The molecular formula is C18H25N5O. The molecule has 2 aromatic rings. The van der Waals surface area contributed by atoms with Gasteiger partial charge in [-0.05, 0) is 58.8 Å². The van der Waals surface area contributed by atoms with Crippen molar-refractivity contribution in [2.75, 3.05) is 26.0 Å². The van der Waals surface area contributed by atoms with Gasteiger partial charge in [0.15, 0.2) is 0 Å². The van der Waals surface area contributed by atoms with Crippen LogP contribution >= 0.6 is 0 Å². The van der Waals surface area contributed by atoms with Crippen LogP contribution in [0.4, 0.5) is 5.82 Å². The highest BCUT2D eigenvalue weighted by atomic mass is 16.1. The Kier molecular flexibility index (Phi) is 4.66. The molecule has 2 heterocycles. The van der Waals surface area contributed by atoms with E-state index < -0.39 is 0 Å². The van der Waals surface area contributed by atoms with E-state index in [9.17, 15) is 4.79 Å². The molecule has 0 saturated heterocycles. The van der Waals surface area contributed by atoms with Gasteiger partial charge in [0.2, 0.25) is 0 Å². The molecule has 0 radical (unpaired) electrons. The minimum atomic E-state index is -0.0991. The van der Waals surface area contributed by atoms with Gasteiger partial charge in [-0.15, -0.1) is 0 Å². The third-order valence-electron chi connectivity index (χ3n) is 4.75. The predicted molar refractivity (Wildman–Crippen MR) is 96.3 cm³/mol. The van der Waals surface area contributed by atoms with Crippen LogP contribution in [0.5, 0.6) is 0 Å². The number of aromatic nitrogens is 3. The molecule has 1 atom stereocenters. The first kappa shape index (κ1) is 16.6. The maximum atomic E-state index is 11.9. The molecule has 1 unspecified atom stereocenters. The van der Waals surface area contributed by atoms with Crippen LogP contribution in [0.1, 0.15) is 24.1 Å². The lowest BCUT2D eigenvalue weighted by Gasteiger charge is -2.24. The van der Waals surface area contributed by atoms with E-state index in [-0.39, 0.29) is 5.56 Å². The standard InChI is InChI=1S/C18H25N5O/c1-11-12(2)21-17(22-18(11)24)14-7-8-16(19-9-14)20-10-15(23(3)4)13-5-6-13/h7-9,13,15H,5-6,10H2,1-4H3,(H,19,20)(H,21,22,24). The topological polar surface area (TPSA) is 73.9 Å². The van der Waals surface area contributed by atoms with Gasteiger partial charge < -0.3 is 15.2 Å². The Balaban J connectivity index is 1.70. The summed E-state index contributed by atoms with van der Waals surface area (Å²) >= 11 is 0. The van der Waals surface area contributed by atoms with Gasteiger partial charge in [-0.1, -0.05) is 0 Å². The van der Waals surface area contributed by atoms with E-state index in [1.807, 2.05) is 19.1 Å². The van der Waals surface area contributed by atoms with Crippen LogP contribution in [0.2, 0.25) is 0 Å². The number of nitrogens with zero attached hydrogens (tertiary/aromatic N) is 3. The number of hydrogen-bond donors (Lipinski definition) is 2. The summed E-state index contributed by atoms with van der Waals surface area (Å²) in [5, 5.41) is 3.41. The first-order valence-corrected chi connectivity index (χ1v) is 8.40. The molecule has 3 rings (SSSR count). The quantitative estimate of drug-likeness (QED) is 0.851. The van der Waals surface area contributed by atoms with E-state index in [0.717, 1.165) is 29.5 Å². The van der Waals surface area contributed by atoms with Gasteiger partial charge >= 0.3 is 0 Å². The number of rotatable bonds is 6. The number of H-pyrrole nitrogens is 1. The smallest absolute Gasteiger partial charge is 0.254 e. The van der Waals surface area contributed by atoms with Crippen LogP contribution in [0, 0.1) is 19.8 Å². The van der Waals surface area contributed by atoms with E-state index in [1.165, 1.54) is 12.8 Å². The van der Waals surface area contributed by atoms with Crippen LogP contribution in [-0.2, 0) is 0 Å². The largest absolute Gasteiger partial charge is 0.368 e. The molecule has 24 heavy (non-hydrogen) atoms. The predicted octanol–water partition coefficient (Wildman–Crippen LogP) is 2.20. The third kappa shape index (κ3) is 3.64. The summed E-state index contributed by atoms with van der Waals surface area (Å²) in [5.41, 5.74) is 2.11. The van der Waals surface area contributed by atoms with Crippen molar-refractivity contribution in [3.8, 4) is 11.4 Å². The maximum absolute atomic E-state index is 11.9. The Labute approximate surface area is 142 Å². The fourth-order valence-corrected chi connectivity index (χ4v) is 2.88. The number of anilines is 1. The van der Waals surface area contributed by atoms with Crippen molar-refractivity contribution in [3.05, 3.63) is 39.9 Å². The van der Waals surface area contributed by atoms with Crippen LogP contribution in [0.15, 0.2) is 23.1 Å². The fourth-order valence-electron chi connectivity index (χ4n) is 2.88. The van der Waals surface area contributed by atoms with Gasteiger partial charge in [-0.3, -0.25) is 4.79 Å². The zero-order chi connectivity index (χ0) is 17.3. The van der Waals surface area contributed by atoms with Crippen molar-refractivity contribution >= 4 is 5.82 Å². The summed E-state index contributed by atoms with van der Waals surface area (Å²) < 4.78 is 0. The Bertz CT molecular complexity index is 760. The summed E-state index contributed by atoms with van der Waals surface area (Å²) in [6, 6.07) is 4.41. The minimum Gasteiger partial charge on any atom is -0.368 e. The molecule has 2 aromatic heterocycles. The second kappa shape index (κ2) is 6.73. The van der Waals surface area contributed by atoms with Gasteiger partial charge in [0.1, 0.15) is 11.6 Å². The van der Waals surface area contributed by atoms with Gasteiger partial charge in [-0.25, -0.2) is 9.97 Å². The molecule has 1 fully saturated rings. The van der Waals surface area contributed by atoms with Gasteiger partial charge in [0.05, 0.1) is 0 Å². The van der Waals surface area contributed by atoms with Gasteiger partial charge in [0, 0.05) is 35.6 Å². The number of pyridine rings is 1. The Morgan fingerprint density at radius 1 is 1.33 bits per heavy atom. The van der Waals surface area contributed by atoms with E-state index in [0.29, 0.717) is 17.4 Å². The van der Waals surface area contributed by atoms with Gasteiger partial charge in [-0.2, -0.15) is 0 Å². The molecule has 2 N–H and O–H groups in total. The van der Waals surface area contributed by atoms with E-state index in [2.05, 4.69) is 39.3 Å². The van der Waals surface area contributed by atoms with Crippen LogP contribution in [0.3, 0.4) is 0 Å². The molecule has 1 aliphatic rings. The highest BCUT2D eigenvalue weighted by Crippen LogP contribution is 2.34. The Morgan fingerprint density at radius 2 is 2.08 bits per heavy atom. The molecular weight excluding hydrogens is 302 g/mol. The van der Waals surface area contributed by atoms with Crippen molar-refractivity contribution in [3.63, 3.8) is 0 Å². The lowest BCUT2D eigenvalue weighted by Crippen LogP contribution is -2.36. The first-order chi connectivity index (χ1) is 11.5. The summed E-state index contributed by atoms with van der Waals surface area (Å²) in [4.78, 5) is 25.9. The average Bonchev–Trinajstić information content (AvgIpc) is 3.37. The van der Waals surface area contributed by atoms with Crippen LogP contribution < -0.4 is 10.9 Å². The number of aromatic amines is 1. The summed E-state index contributed by atoms with van der Waals surface area (Å²) in [6.45, 7) is 4.51. The average molecular weight is 327 g/mol. The first-order valence-electron chi connectivity index (χ1n) is 8.40. The lowest BCUT2D eigenvalue weighted by atomic mass is 10.1. The monoisotopic (exact) mass is 327 g/mol. The second-order valence-electron chi connectivity index (χ2n) is 6.81. The Morgan fingerprint density at radius 3 is 2.62 bits per heavy atom. The Hall–Kier alpha value is -2.21. The number of hydrogen-bond acceptors (Lipinski definition) is 5. The summed E-state index contributed by atoms with van der Waals surface area (Å²) in [5.74, 6) is 2.21. The van der Waals surface area contributed by atoms with E-state index >= 15 is 0 Å². The molecule has 1 aliphatic carbocycles. The number of nitrogens with one attached hydrogen (secondary N) is 2. The third-order valence-corrected chi connectivity index (χ3v) is 4.75. The van der Waals surface area contributed by atoms with Crippen molar-refractivity contribution in [2.45, 2.75) is 32.7 Å². The zero-order valence-corrected chi connectivity index (χ0v) is 14.8. The zero-order valence-electron chi connectivity index (χ0n) is 14.8.